The van der Waals surface area contributed by atoms with Crippen LogP contribution in [0.1, 0.15) is 68.9 Å². The van der Waals surface area contributed by atoms with E-state index in [9.17, 15) is 22.8 Å². The van der Waals surface area contributed by atoms with E-state index in [0.29, 0.717) is 36.3 Å². The van der Waals surface area contributed by atoms with Gasteiger partial charge in [0.05, 0.1) is 4.90 Å². The third-order valence-electron chi connectivity index (χ3n) is 7.50. The molecule has 224 valence electrons. The molecule has 1 aliphatic carbocycles. The molecule has 2 atom stereocenters. The zero-order valence-corrected chi connectivity index (χ0v) is 24.6. The molecule has 0 saturated heterocycles. The van der Waals surface area contributed by atoms with Gasteiger partial charge >= 0.3 is 0 Å². The van der Waals surface area contributed by atoms with Crippen molar-refractivity contribution < 1.29 is 28.0 Å². The van der Waals surface area contributed by atoms with E-state index >= 15 is 0 Å². The van der Waals surface area contributed by atoms with E-state index in [1.54, 1.807) is 29.7 Å². The first-order valence-corrected chi connectivity index (χ1v) is 15.8. The molecule has 1 saturated carbocycles. The number of hydrogen-bond donors (Lipinski definition) is 5. The second-order valence-electron chi connectivity index (χ2n) is 10.7. The number of nitrogens with two attached hydrogens (primary N) is 1. The standard InChI is InChI=1S/C29H39ClN4O6S/c30-24-13-9-20(10-14-24)7-4-8-23(18-27(35)34-38)28(36)33-26(17-21-5-2-1-3-6-21)29(37)32-19-22-11-15-25(16-12-22)41(31,39)40/h9-16,21,23,26,38H,1-8,17-19H2,(H,32,37)(H,33,36)(H,34,35)(H2,31,39,40)/t23-,26+/m1/s1. The van der Waals surface area contributed by atoms with Gasteiger partial charge in [-0.25, -0.2) is 19.0 Å². The third kappa shape index (κ3) is 11.1. The number of nitrogens with one attached hydrogen (secondary N) is 3. The molecule has 0 spiro atoms. The summed E-state index contributed by atoms with van der Waals surface area (Å²) in [6.45, 7) is 0.137. The highest BCUT2D eigenvalue weighted by atomic mass is 35.5. The van der Waals surface area contributed by atoms with Crippen molar-refractivity contribution in [2.24, 2.45) is 17.0 Å². The normalized spacial score (nSPS) is 15.5. The Hall–Kier alpha value is -2.99. The molecule has 0 unspecified atom stereocenters. The van der Waals surface area contributed by atoms with Crippen molar-refractivity contribution in [3.63, 3.8) is 0 Å². The Kier molecular flexibility index (Phi) is 12.6. The Morgan fingerprint density at radius 1 is 0.951 bits per heavy atom. The lowest BCUT2D eigenvalue weighted by atomic mass is 9.84. The van der Waals surface area contributed by atoms with E-state index in [0.717, 1.165) is 37.7 Å². The van der Waals surface area contributed by atoms with E-state index in [-0.39, 0.29) is 29.7 Å². The molecule has 10 nitrogen and oxygen atoms in total. The smallest absolute Gasteiger partial charge is 0.244 e. The molecule has 0 heterocycles. The minimum atomic E-state index is -3.82. The fourth-order valence-corrected chi connectivity index (χ4v) is 5.83. The van der Waals surface area contributed by atoms with Crippen molar-refractivity contribution in [2.45, 2.75) is 81.7 Å². The van der Waals surface area contributed by atoms with Gasteiger partial charge in [-0.1, -0.05) is 68.0 Å². The molecule has 1 aliphatic rings. The van der Waals surface area contributed by atoms with Crippen molar-refractivity contribution >= 4 is 39.3 Å². The third-order valence-corrected chi connectivity index (χ3v) is 8.69. The van der Waals surface area contributed by atoms with Crippen LogP contribution in [0.4, 0.5) is 0 Å². The summed E-state index contributed by atoms with van der Waals surface area (Å²) < 4.78 is 23.0. The van der Waals surface area contributed by atoms with E-state index in [1.807, 2.05) is 12.1 Å². The minimum Gasteiger partial charge on any atom is -0.350 e. The molecule has 3 rings (SSSR count). The molecule has 0 bridgehead atoms. The molecular weight excluding hydrogens is 568 g/mol. The van der Waals surface area contributed by atoms with Gasteiger partial charge in [0.25, 0.3) is 0 Å². The van der Waals surface area contributed by atoms with E-state index in [2.05, 4.69) is 10.6 Å². The number of aryl methyl sites for hydroxylation is 1. The first kappa shape index (κ1) is 32.5. The number of halogens is 1. The molecule has 0 radical (unpaired) electrons. The molecule has 0 aliphatic heterocycles. The first-order valence-electron chi connectivity index (χ1n) is 13.9. The van der Waals surface area contributed by atoms with Gasteiger partial charge in [0.2, 0.25) is 27.7 Å². The summed E-state index contributed by atoms with van der Waals surface area (Å²) in [5.74, 6) is -1.89. The van der Waals surface area contributed by atoms with Crippen molar-refractivity contribution in [1.29, 1.82) is 0 Å². The SMILES string of the molecule is NS(=O)(=O)c1ccc(CNC(=O)[C@H](CC2CCCCC2)NC(=O)[C@H](CCCc2ccc(Cl)cc2)CC(=O)NO)cc1. The molecule has 2 aromatic carbocycles. The lowest BCUT2D eigenvalue weighted by molar-refractivity contribution is -0.136. The first-order chi connectivity index (χ1) is 19.5. The minimum absolute atomic E-state index is 0.0240. The molecule has 1 fully saturated rings. The summed E-state index contributed by atoms with van der Waals surface area (Å²) in [5.41, 5.74) is 3.32. The van der Waals surface area contributed by atoms with Crippen LogP contribution in [0.3, 0.4) is 0 Å². The fraction of sp³-hybridized carbons (Fsp3) is 0.483. The van der Waals surface area contributed by atoms with Gasteiger partial charge in [0.1, 0.15) is 6.04 Å². The molecule has 3 amide bonds. The van der Waals surface area contributed by atoms with Gasteiger partial charge in [-0.05, 0) is 67.0 Å². The number of amides is 3. The molecule has 6 N–H and O–H groups in total. The summed E-state index contributed by atoms with van der Waals surface area (Å²) in [6.07, 6.45) is 7.21. The second kappa shape index (κ2) is 15.9. The molecular formula is C29H39ClN4O6S. The van der Waals surface area contributed by atoms with Gasteiger partial charge in [-0.2, -0.15) is 0 Å². The number of rotatable bonds is 14. The predicted octanol–water partition coefficient (Wildman–Crippen LogP) is 3.59. The van der Waals surface area contributed by atoms with Crippen LogP contribution in [0, 0.1) is 11.8 Å². The summed E-state index contributed by atoms with van der Waals surface area (Å²) >= 11 is 5.95. The quantitative estimate of drug-likeness (QED) is 0.163. The highest BCUT2D eigenvalue weighted by Crippen LogP contribution is 2.28. The maximum atomic E-state index is 13.4. The van der Waals surface area contributed by atoms with E-state index < -0.39 is 33.8 Å². The predicted molar refractivity (Wildman–Crippen MR) is 155 cm³/mol. The van der Waals surface area contributed by atoms with Crippen LogP contribution in [0.5, 0.6) is 0 Å². The fourth-order valence-electron chi connectivity index (χ4n) is 5.19. The molecule has 2 aromatic rings. The molecule has 12 heteroatoms. The van der Waals surface area contributed by atoms with E-state index in [4.69, 9.17) is 21.9 Å². The van der Waals surface area contributed by atoms with Crippen LogP contribution in [-0.2, 0) is 37.4 Å². The zero-order valence-electron chi connectivity index (χ0n) is 23.0. The van der Waals surface area contributed by atoms with E-state index in [1.165, 1.54) is 12.1 Å². The van der Waals surface area contributed by atoms with Gasteiger partial charge in [0, 0.05) is 23.9 Å². The number of sulfonamides is 1. The topological polar surface area (TPSA) is 168 Å². The lowest BCUT2D eigenvalue weighted by Gasteiger charge is -2.28. The molecule has 0 aromatic heterocycles. The Labute approximate surface area is 246 Å². The van der Waals surface area contributed by atoms with Crippen LogP contribution < -0.4 is 21.3 Å². The summed E-state index contributed by atoms with van der Waals surface area (Å²) in [6, 6.07) is 12.5. The second-order valence-corrected chi connectivity index (χ2v) is 12.7. The van der Waals surface area contributed by atoms with Crippen molar-refractivity contribution in [1.82, 2.24) is 16.1 Å². The maximum absolute atomic E-state index is 13.4. The highest BCUT2D eigenvalue weighted by Gasteiger charge is 2.29. The summed E-state index contributed by atoms with van der Waals surface area (Å²) in [5, 5.41) is 20.6. The number of benzene rings is 2. The number of carbonyl (C=O) groups is 3. The van der Waals surface area contributed by atoms with Gasteiger partial charge in [0.15, 0.2) is 0 Å². The average molecular weight is 607 g/mol. The van der Waals surface area contributed by atoms with Crippen molar-refractivity contribution in [3.05, 3.63) is 64.7 Å². The van der Waals surface area contributed by atoms with Crippen molar-refractivity contribution in [2.75, 3.05) is 0 Å². The monoisotopic (exact) mass is 606 g/mol. The summed E-state index contributed by atoms with van der Waals surface area (Å²) in [4.78, 5) is 38.7. The van der Waals surface area contributed by atoms with Crippen LogP contribution in [0.15, 0.2) is 53.4 Å². The number of primary sulfonamides is 1. The van der Waals surface area contributed by atoms with Crippen LogP contribution in [-0.4, -0.2) is 37.4 Å². The Balaban J connectivity index is 1.66. The Morgan fingerprint density at radius 3 is 2.20 bits per heavy atom. The van der Waals surface area contributed by atoms with Crippen molar-refractivity contribution in [3.8, 4) is 0 Å². The van der Waals surface area contributed by atoms with Gasteiger partial charge in [-0.3, -0.25) is 19.6 Å². The summed E-state index contributed by atoms with van der Waals surface area (Å²) in [7, 11) is -3.82. The largest absolute Gasteiger partial charge is 0.350 e. The number of hydrogen-bond acceptors (Lipinski definition) is 6. The maximum Gasteiger partial charge on any atom is 0.244 e. The average Bonchev–Trinajstić information content (AvgIpc) is 2.96. The zero-order chi connectivity index (χ0) is 29.8. The van der Waals surface area contributed by atoms with Crippen LogP contribution in [0.2, 0.25) is 5.02 Å². The highest BCUT2D eigenvalue weighted by molar-refractivity contribution is 7.89. The Bertz CT molecular complexity index is 1270. The lowest BCUT2D eigenvalue weighted by Crippen LogP contribution is -2.49. The van der Waals surface area contributed by atoms with Crippen LogP contribution in [0.25, 0.3) is 0 Å². The van der Waals surface area contributed by atoms with Gasteiger partial charge < -0.3 is 10.6 Å². The van der Waals surface area contributed by atoms with Crippen LogP contribution >= 0.6 is 11.6 Å². The Morgan fingerprint density at radius 2 is 1.59 bits per heavy atom. The number of hydroxylamine groups is 1. The molecule has 41 heavy (non-hydrogen) atoms. The number of carbonyl (C=O) groups excluding carboxylic acids is 3. The van der Waals surface area contributed by atoms with Gasteiger partial charge in [-0.15, -0.1) is 0 Å².